The van der Waals surface area contributed by atoms with E-state index in [0.29, 0.717) is 22.5 Å². The van der Waals surface area contributed by atoms with Crippen molar-refractivity contribution < 1.29 is 4.39 Å². The molecule has 0 atom stereocenters. The first-order chi connectivity index (χ1) is 9.49. The lowest BCUT2D eigenvalue weighted by Crippen LogP contribution is -2.01. The van der Waals surface area contributed by atoms with Crippen LogP contribution in [0.1, 0.15) is 22.4 Å². The van der Waals surface area contributed by atoms with Crippen LogP contribution in [0.15, 0.2) is 12.1 Å². The van der Waals surface area contributed by atoms with Crippen LogP contribution in [0.4, 0.5) is 4.39 Å². The Bertz CT molecular complexity index is 757. The van der Waals surface area contributed by atoms with Crippen molar-refractivity contribution in [2.45, 2.75) is 27.3 Å². The molecule has 1 heterocycles. The molecular formula is C16H14FN3. The molecule has 4 heteroatoms. The van der Waals surface area contributed by atoms with Crippen molar-refractivity contribution in [2.24, 2.45) is 0 Å². The van der Waals surface area contributed by atoms with Crippen molar-refractivity contribution in [3.63, 3.8) is 0 Å². The first kappa shape index (κ1) is 13.8. The maximum Gasteiger partial charge on any atom is 0.143 e. The van der Waals surface area contributed by atoms with E-state index in [1.807, 2.05) is 13.8 Å². The number of hydrogen-bond donors (Lipinski definition) is 0. The van der Waals surface area contributed by atoms with Gasteiger partial charge in [-0.3, -0.25) is 0 Å². The second-order valence-corrected chi connectivity index (χ2v) is 4.71. The molecule has 0 saturated heterocycles. The molecule has 0 unspecified atom stereocenters. The maximum atomic E-state index is 14.2. The van der Waals surface area contributed by atoms with Crippen molar-refractivity contribution in [3.8, 4) is 29.7 Å². The van der Waals surface area contributed by atoms with Crippen molar-refractivity contribution in [3.05, 3.63) is 40.3 Å². The van der Waals surface area contributed by atoms with Gasteiger partial charge in [0.1, 0.15) is 24.1 Å². The SMILES string of the molecule is C#CCn1nc(-c2cc(C)c(C)cc2F)c(C)c1C#N. The summed E-state index contributed by atoms with van der Waals surface area (Å²) in [5.74, 6) is 2.10. The van der Waals surface area contributed by atoms with Gasteiger partial charge in [-0.25, -0.2) is 9.07 Å². The molecule has 0 N–H and O–H groups in total. The lowest BCUT2D eigenvalue weighted by molar-refractivity contribution is 0.627. The number of halogens is 1. The summed E-state index contributed by atoms with van der Waals surface area (Å²) in [6.07, 6.45) is 5.26. The van der Waals surface area contributed by atoms with Crippen molar-refractivity contribution in [1.82, 2.24) is 9.78 Å². The van der Waals surface area contributed by atoms with Gasteiger partial charge in [-0.2, -0.15) is 10.4 Å². The average molecular weight is 267 g/mol. The van der Waals surface area contributed by atoms with E-state index in [1.165, 1.54) is 10.7 Å². The smallest absolute Gasteiger partial charge is 0.143 e. The van der Waals surface area contributed by atoms with E-state index in [4.69, 9.17) is 6.42 Å². The molecule has 1 aromatic heterocycles. The molecule has 2 rings (SSSR count). The van der Waals surface area contributed by atoms with Gasteiger partial charge in [-0.1, -0.05) is 5.92 Å². The molecule has 100 valence electrons. The lowest BCUT2D eigenvalue weighted by atomic mass is 10.0. The standard InChI is InChI=1S/C16H14FN3/c1-5-6-20-15(9-18)12(4)16(19-20)13-7-10(2)11(3)8-14(13)17/h1,7-8H,6H2,2-4H3. The number of nitriles is 1. The van der Waals surface area contributed by atoms with E-state index in [1.54, 1.807) is 13.0 Å². The fraction of sp³-hybridized carbons (Fsp3) is 0.250. The van der Waals surface area contributed by atoms with Crippen LogP contribution in [-0.2, 0) is 6.54 Å². The maximum absolute atomic E-state index is 14.2. The molecule has 20 heavy (non-hydrogen) atoms. The summed E-state index contributed by atoms with van der Waals surface area (Å²) >= 11 is 0. The zero-order chi connectivity index (χ0) is 14.9. The second-order valence-electron chi connectivity index (χ2n) is 4.71. The van der Waals surface area contributed by atoms with E-state index in [-0.39, 0.29) is 12.4 Å². The summed E-state index contributed by atoms with van der Waals surface area (Å²) in [6.45, 7) is 5.71. The molecule has 3 nitrogen and oxygen atoms in total. The Morgan fingerprint density at radius 2 is 1.95 bits per heavy atom. The Balaban J connectivity index is 2.69. The van der Waals surface area contributed by atoms with E-state index in [9.17, 15) is 9.65 Å². The Hall–Kier alpha value is -2.59. The molecule has 0 bridgehead atoms. The van der Waals surface area contributed by atoms with Crippen molar-refractivity contribution >= 4 is 0 Å². The fourth-order valence-electron chi connectivity index (χ4n) is 2.11. The third-order valence-corrected chi connectivity index (χ3v) is 3.37. The van der Waals surface area contributed by atoms with Crippen molar-refractivity contribution in [1.29, 1.82) is 5.26 Å². The number of benzene rings is 1. The predicted molar refractivity (Wildman–Crippen MR) is 75.4 cm³/mol. The van der Waals surface area contributed by atoms with Crippen LogP contribution >= 0.6 is 0 Å². The van der Waals surface area contributed by atoms with E-state index < -0.39 is 0 Å². The molecule has 1 aromatic carbocycles. The quantitative estimate of drug-likeness (QED) is 0.784. The van der Waals surface area contributed by atoms with E-state index in [2.05, 4.69) is 17.1 Å². The lowest BCUT2D eigenvalue weighted by Gasteiger charge is -2.06. The normalized spacial score (nSPS) is 10.1. The summed E-state index contributed by atoms with van der Waals surface area (Å²) in [7, 11) is 0. The number of nitrogens with zero attached hydrogens (tertiary/aromatic N) is 3. The van der Waals surface area contributed by atoms with Gasteiger partial charge in [-0.15, -0.1) is 6.42 Å². The average Bonchev–Trinajstić information content (AvgIpc) is 2.71. The Kier molecular flexibility index (Phi) is 3.59. The molecule has 0 fully saturated rings. The Labute approximate surface area is 117 Å². The monoisotopic (exact) mass is 267 g/mol. The van der Waals surface area contributed by atoms with E-state index >= 15 is 0 Å². The van der Waals surface area contributed by atoms with Crippen LogP contribution in [0.5, 0.6) is 0 Å². The van der Waals surface area contributed by atoms with Gasteiger partial charge in [0, 0.05) is 11.1 Å². The Morgan fingerprint density at radius 1 is 1.30 bits per heavy atom. The molecule has 0 aliphatic heterocycles. The highest BCUT2D eigenvalue weighted by molar-refractivity contribution is 5.67. The minimum Gasteiger partial charge on any atom is -0.242 e. The molecule has 0 amide bonds. The first-order valence-electron chi connectivity index (χ1n) is 6.17. The van der Waals surface area contributed by atoms with Crippen LogP contribution in [0, 0.1) is 50.3 Å². The van der Waals surface area contributed by atoms with Gasteiger partial charge in [0.25, 0.3) is 0 Å². The van der Waals surface area contributed by atoms with E-state index in [0.717, 1.165) is 11.1 Å². The van der Waals surface area contributed by atoms with Gasteiger partial charge in [0.05, 0.1) is 5.69 Å². The highest BCUT2D eigenvalue weighted by Gasteiger charge is 2.18. The molecular weight excluding hydrogens is 253 g/mol. The summed E-state index contributed by atoms with van der Waals surface area (Å²) < 4.78 is 15.6. The molecule has 2 aromatic rings. The molecule has 0 radical (unpaired) electrons. The Morgan fingerprint density at radius 3 is 2.55 bits per heavy atom. The van der Waals surface area contributed by atoms with Crippen LogP contribution in [0.2, 0.25) is 0 Å². The zero-order valence-electron chi connectivity index (χ0n) is 11.7. The summed E-state index contributed by atoms with van der Waals surface area (Å²) in [5, 5.41) is 13.5. The topological polar surface area (TPSA) is 41.6 Å². The largest absolute Gasteiger partial charge is 0.242 e. The van der Waals surface area contributed by atoms with Crippen LogP contribution in [-0.4, -0.2) is 9.78 Å². The van der Waals surface area contributed by atoms with Gasteiger partial charge in [0.2, 0.25) is 0 Å². The van der Waals surface area contributed by atoms with Crippen LogP contribution in [0.25, 0.3) is 11.3 Å². The fourth-order valence-corrected chi connectivity index (χ4v) is 2.11. The number of aromatic nitrogens is 2. The molecule has 0 aliphatic rings. The van der Waals surface area contributed by atoms with Crippen molar-refractivity contribution in [2.75, 3.05) is 0 Å². The minimum atomic E-state index is -0.342. The second kappa shape index (κ2) is 5.19. The molecule has 0 saturated carbocycles. The predicted octanol–water partition coefficient (Wildman–Crippen LogP) is 3.12. The van der Waals surface area contributed by atoms with Crippen LogP contribution < -0.4 is 0 Å². The number of rotatable bonds is 2. The summed E-state index contributed by atoms with van der Waals surface area (Å²) in [5.41, 5.74) is 3.74. The van der Waals surface area contributed by atoms with Gasteiger partial charge in [-0.05, 0) is 44.0 Å². The number of aryl methyl sites for hydroxylation is 2. The van der Waals surface area contributed by atoms with Gasteiger partial charge < -0.3 is 0 Å². The third-order valence-electron chi connectivity index (χ3n) is 3.37. The van der Waals surface area contributed by atoms with Gasteiger partial charge >= 0.3 is 0 Å². The summed E-state index contributed by atoms with van der Waals surface area (Å²) in [6, 6.07) is 5.30. The first-order valence-corrected chi connectivity index (χ1v) is 6.17. The van der Waals surface area contributed by atoms with Crippen LogP contribution in [0.3, 0.4) is 0 Å². The molecule has 0 aliphatic carbocycles. The zero-order valence-corrected chi connectivity index (χ0v) is 11.7. The number of terminal acetylenes is 1. The third kappa shape index (κ3) is 2.17. The summed E-state index contributed by atoms with van der Waals surface area (Å²) in [4.78, 5) is 0. The highest BCUT2D eigenvalue weighted by atomic mass is 19.1. The highest BCUT2D eigenvalue weighted by Crippen LogP contribution is 2.29. The minimum absolute atomic E-state index is 0.191. The number of hydrogen-bond acceptors (Lipinski definition) is 2. The molecule has 0 spiro atoms. The van der Waals surface area contributed by atoms with Gasteiger partial charge in [0.15, 0.2) is 0 Å².